The molecule has 0 atom stereocenters. The molecule has 24 heavy (non-hydrogen) atoms. The van der Waals surface area contributed by atoms with Crippen LogP contribution >= 0.6 is 39.9 Å². The summed E-state index contributed by atoms with van der Waals surface area (Å²) >= 11 is 3.42. The van der Waals surface area contributed by atoms with Crippen molar-refractivity contribution in [3.63, 3.8) is 0 Å². The van der Waals surface area contributed by atoms with Crippen LogP contribution in [-0.2, 0) is 4.79 Å². The molecule has 1 amide bonds. The Morgan fingerprint density at radius 3 is 2.67 bits per heavy atom. The number of rotatable bonds is 5. The number of nitrogens with one attached hydrogen (secondary N) is 3. The van der Waals surface area contributed by atoms with Crippen LogP contribution in [0, 0.1) is 6.92 Å². The third-order valence-corrected chi connectivity index (χ3v) is 4.17. The third kappa shape index (κ3) is 6.80. The van der Waals surface area contributed by atoms with E-state index in [1.165, 1.54) is 0 Å². The first-order chi connectivity index (χ1) is 11.1. The van der Waals surface area contributed by atoms with Crippen molar-refractivity contribution in [3.8, 4) is 0 Å². The highest BCUT2D eigenvalue weighted by atomic mass is 127. The number of carbonyl (C=O) groups is 1. The average molecular weight is 507 g/mol. The van der Waals surface area contributed by atoms with Crippen LogP contribution in [0.25, 0.3) is 0 Å². The number of benzene rings is 1. The molecule has 1 aromatic rings. The lowest BCUT2D eigenvalue weighted by Crippen LogP contribution is -2.43. The van der Waals surface area contributed by atoms with E-state index >= 15 is 0 Å². The van der Waals surface area contributed by atoms with Gasteiger partial charge in [0.15, 0.2) is 5.96 Å². The number of aliphatic imine (C=N–C) groups is 1. The molecule has 0 unspecified atom stereocenters. The molecule has 0 radical (unpaired) electrons. The quantitative estimate of drug-likeness (QED) is 0.247. The predicted molar refractivity (Wildman–Crippen MR) is 114 cm³/mol. The topological polar surface area (TPSA) is 65.5 Å². The van der Waals surface area contributed by atoms with Crippen LogP contribution in [0.2, 0.25) is 0 Å². The van der Waals surface area contributed by atoms with Gasteiger partial charge in [-0.2, -0.15) is 0 Å². The van der Waals surface area contributed by atoms with Gasteiger partial charge in [-0.15, -0.1) is 24.0 Å². The predicted octanol–water partition coefficient (Wildman–Crippen LogP) is 3.59. The standard InChI is InChI=1S/C17H23BrN4O.HI/c1-12-11-13(18)7-8-15(12)22-16(23)9-10-20-17(19-2)21-14-5-3-4-6-14;/h3-4,7-8,11,14H,5-6,9-10H2,1-2H3,(H,22,23)(H2,19,20,21);1H. The highest BCUT2D eigenvalue weighted by molar-refractivity contribution is 14.0. The van der Waals surface area contributed by atoms with Gasteiger partial charge < -0.3 is 16.0 Å². The Morgan fingerprint density at radius 1 is 1.33 bits per heavy atom. The van der Waals surface area contributed by atoms with Gasteiger partial charge >= 0.3 is 0 Å². The molecule has 0 saturated heterocycles. The fourth-order valence-corrected chi connectivity index (χ4v) is 2.87. The van der Waals surface area contributed by atoms with Gasteiger partial charge in [0.25, 0.3) is 0 Å². The van der Waals surface area contributed by atoms with Crippen LogP contribution in [-0.4, -0.2) is 31.5 Å². The number of carbonyl (C=O) groups excluding carboxylic acids is 1. The minimum absolute atomic E-state index is 0. The molecular formula is C17H24BrIN4O. The molecule has 0 bridgehead atoms. The molecule has 2 rings (SSSR count). The summed E-state index contributed by atoms with van der Waals surface area (Å²) in [6.07, 6.45) is 6.76. The van der Waals surface area contributed by atoms with Crippen LogP contribution in [0.15, 0.2) is 39.8 Å². The Bertz CT molecular complexity index is 611. The molecule has 1 aliphatic rings. The molecule has 0 heterocycles. The highest BCUT2D eigenvalue weighted by Crippen LogP contribution is 2.20. The minimum atomic E-state index is -0.0130. The average Bonchev–Trinajstić information content (AvgIpc) is 3.02. The number of guanidine groups is 1. The first-order valence-corrected chi connectivity index (χ1v) is 8.56. The Labute approximate surface area is 168 Å². The second-order valence-electron chi connectivity index (χ2n) is 5.54. The van der Waals surface area contributed by atoms with Crippen molar-refractivity contribution < 1.29 is 4.79 Å². The van der Waals surface area contributed by atoms with Crippen molar-refractivity contribution in [1.82, 2.24) is 10.6 Å². The fraction of sp³-hybridized carbons (Fsp3) is 0.412. The first kappa shape index (κ1) is 21.0. The van der Waals surface area contributed by atoms with E-state index in [0.717, 1.165) is 34.5 Å². The van der Waals surface area contributed by atoms with Gasteiger partial charge in [-0.05, 0) is 43.5 Å². The number of hydrogen-bond donors (Lipinski definition) is 3. The van der Waals surface area contributed by atoms with E-state index in [0.29, 0.717) is 19.0 Å². The Kier molecular flexibility index (Phi) is 9.35. The molecule has 132 valence electrons. The molecule has 0 aromatic heterocycles. The largest absolute Gasteiger partial charge is 0.356 e. The Hall–Kier alpha value is -1.09. The molecule has 0 saturated carbocycles. The highest BCUT2D eigenvalue weighted by Gasteiger charge is 2.12. The van der Waals surface area contributed by atoms with Crippen LogP contribution < -0.4 is 16.0 Å². The lowest BCUT2D eigenvalue weighted by Gasteiger charge is -2.16. The number of halogens is 2. The number of hydrogen-bond acceptors (Lipinski definition) is 2. The maximum atomic E-state index is 12.0. The zero-order valence-corrected chi connectivity index (χ0v) is 17.9. The lowest BCUT2D eigenvalue weighted by atomic mass is 10.2. The normalized spacial score (nSPS) is 14.2. The Balaban J connectivity index is 0.00000288. The number of aryl methyl sites for hydroxylation is 1. The maximum absolute atomic E-state index is 12.0. The molecule has 3 N–H and O–H groups in total. The van der Waals surface area contributed by atoms with E-state index in [-0.39, 0.29) is 29.9 Å². The summed E-state index contributed by atoms with van der Waals surface area (Å²) < 4.78 is 1.01. The molecule has 7 heteroatoms. The molecule has 0 aliphatic heterocycles. The monoisotopic (exact) mass is 506 g/mol. The fourth-order valence-electron chi connectivity index (χ4n) is 2.40. The van der Waals surface area contributed by atoms with Crippen LogP contribution in [0.4, 0.5) is 5.69 Å². The second kappa shape index (κ2) is 10.7. The van der Waals surface area contributed by atoms with E-state index in [9.17, 15) is 4.79 Å². The van der Waals surface area contributed by atoms with E-state index in [4.69, 9.17) is 0 Å². The van der Waals surface area contributed by atoms with Crippen molar-refractivity contribution in [3.05, 3.63) is 40.4 Å². The third-order valence-electron chi connectivity index (χ3n) is 3.68. The number of anilines is 1. The smallest absolute Gasteiger partial charge is 0.226 e. The van der Waals surface area contributed by atoms with Crippen molar-refractivity contribution in [2.75, 3.05) is 18.9 Å². The van der Waals surface area contributed by atoms with Gasteiger partial charge in [0.2, 0.25) is 5.91 Å². The minimum Gasteiger partial charge on any atom is -0.356 e. The van der Waals surface area contributed by atoms with E-state index in [2.05, 4.69) is 49.0 Å². The summed E-state index contributed by atoms with van der Waals surface area (Å²) in [5.41, 5.74) is 1.88. The summed E-state index contributed by atoms with van der Waals surface area (Å²) in [6, 6.07) is 6.20. The molecule has 1 aliphatic carbocycles. The van der Waals surface area contributed by atoms with Crippen LogP contribution in [0.1, 0.15) is 24.8 Å². The number of amides is 1. The first-order valence-electron chi connectivity index (χ1n) is 7.76. The van der Waals surface area contributed by atoms with Crippen molar-refractivity contribution in [2.45, 2.75) is 32.2 Å². The molecular weight excluding hydrogens is 483 g/mol. The van der Waals surface area contributed by atoms with Crippen molar-refractivity contribution in [1.29, 1.82) is 0 Å². The van der Waals surface area contributed by atoms with Gasteiger partial charge in [0, 0.05) is 36.2 Å². The maximum Gasteiger partial charge on any atom is 0.226 e. The lowest BCUT2D eigenvalue weighted by molar-refractivity contribution is -0.116. The Morgan fingerprint density at radius 2 is 2.04 bits per heavy atom. The van der Waals surface area contributed by atoms with Crippen LogP contribution in [0.3, 0.4) is 0 Å². The van der Waals surface area contributed by atoms with E-state index in [1.807, 2.05) is 25.1 Å². The van der Waals surface area contributed by atoms with Gasteiger partial charge in [-0.1, -0.05) is 28.1 Å². The molecule has 5 nitrogen and oxygen atoms in total. The van der Waals surface area contributed by atoms with E-state index in [1.54, 1.807) is 7.05 Å². The molecule has 0 spiro atoms. The summed E-state index contributed by atoms with van der Waals surface area (Å²) in [7, 11) is 1.74. The van der Waals surface area contributed by atoms with Crippen molar-refractivity contribution in [2.24, 2.45) is 4.99 Å². The van der Waals surface area contributed by atoms with Gasteiger partial charge in [-0.3, -0.25) is 9.79 Å². The zero-order chi connectivity index (χ0) is 16.7. The van der Waals surface area contributed by atoms with Gasteiger partial charge in [0.05, 0.1) is 0 Å². The SMILES string of the molecule is CN=C(NCCC(=O)Nc1ccc(Br)cc1C)NC1CC=CC1.I. The summed E-state index contributed by atoms with van der Waals surface area (Å²) in [4.78, 5) is 16.2. The number of nitrogens with zero attached hydrogens (tertiary/aromatic N) is 1. The van der Waals surface area contributed by atoms with Crippen molar-refractivity contribution >= 4 is 57.5 Å². The summed E-state index contributed by atoms with van der Waals surface area (Å²) in [5, 5.41) is 9.46. The zero-order valence-electron chi connectivity index (χ0n) is 13.9. The summed E-state index contributed by atoms with van der Waals surface area (Å²) in [5.74, 6) is 0.729. The molecule has 0 fully saturated rings. The second-order valence-corrected chi connectivity index (χ2v) is 6.46. The van der Waals surface area contributed by atoms with Gasteiger partial charge in [0.1, 0.15) is 0 Å². The van der Waals surface area contributed by atoms with Gasteiger partial charge in [-0.25, -0.2) is 0 Å². The summed E-state index contributed by atoms with van der Waals surface area (Å²) in [6.45, 7) is 2.52. The van der Waals surface area contributed by atoms with E-state index < -0.39 is 0 Å². The molecule has 1 aromatic carbocycles. The van der Waals surface area contributed by atoms with Crippen LogP contribution in [0.5, 0.6) is 0 Å².